The van der Waals surface area contributed by atoms with Gasteiger partial charge in [0.25, 0.3) is 0 Å². The van der Waals surface area contributed by atoms with Gasteiger partial charge in [0.2, 0.25) is 0 Å². The Morgan fingerprint density at radius 2 is 1.95 bits per heavy atom. The zero-order valence-electron chi connectivity index (χ0n) is 12.9. The maximum atomic E-state index is 5.47. The van der Waals surface area contributed by atoms with Gasteiger partial charge in [0.15, 0.2) is 0 Å². The molecule has 2 heterocycles. The van der Waals surface area contributed by atoms with Crippen molar-refractivity contribution in [2.45, 2.75) is 64.5 Å². The molecule has 2 unspecified atom stereocenters. The number of rotatable bonds is 5. The predicted molar refractivity (Wildman–Crippen MR) is 80.5 cm³/mol. The average molecular weight is 268 g/mol. The first-order chi connectivity index (χ1) is 9.29. The Balaban J connectivity index is 1.72. The Hall–Kier alpha value is -0.120. The summed E-state index contributed by atoms with van der Waals surface area (Å²) in [5.74, 6) is 0.823. The molecular formula is C16H32N2O. The summed E-state index contributed by atoms with van der Waals surface area (Å²) in [4.78, 5) is 2.64. The lowest BCUT2D eigenvalue weighted by atomic mass is 9.92. The highest BCUT2D eigenvalue weighted by Crippen LogP contribution is 2.20. The second-order valence-electron chi connectivity index (χ2n) is 6.37. The van der Waals surface area contributed by atoms with Crippen molar-refractivity contribution in [1.29, 1.82) is 0 Å². The van der Waals surface area contributed by atoms with E-state index in [-0.39, 0.29) is 0 Å². The average Bonchev–Trinajstić information content (AvgIpc) is 2.66. The molecule has 0 aromatic heterocycles. The van der Waals surface area contributed by atoms with E-state index in [9.17, 15) is 0 Å². The number of likely N-dealkylation sites (tertiary alicyclic amines) is 1. The minimum atomic E-state index is 0.659. The second-order valence-corrected chi connectivity index (χ2v) is 6.37. The van der Waals surface area contributed by atoms with Gasteiger partial charge in [0.05, 0.1) is 0 Å². The molecule has 1 N–H and O–H groups in total. The zero-order chi connectivity index (χ0) is 13.5. The van der Waals surface area contributed by atoms with E-state index in [4.69, 9.17) is 4.74 Å². The summed E-state index contributed by atoms with van der Waals surface area (Å²) >= 11 is 0. The summed E-state index contributed by atoms with van der Waals surface area (Å²) < 4.78 is 5.47. The molecule has 3 heteroatoms. The Labute approximate surface area is 119 Å². The number of hydrogen-bond acceptors (Lipinski definition) is 3. The highest BCUT2D eigenvalue weighted by atomic mass is 16.5. The fourth-order valence-electron chi connectivity index (χ4n) is 3.59. The highest BCUT2D eigenvalue weighted by Gasteiger charge is 2.24. The van der Waals surface area contributed by atoms with E-state index in [1.54, 1.807) is 0 Å². The van der Waals surface area contributed by atoms with Gasteiger partial charge in [-0.25, -0.2) is 0 Å². The molecule has 0 bridgehead atoms. The van der Waals surface area contributed by atoms with Crippen molar-refractivity contribution in [3.05, 3.63) is 0 Å². The molecule has 19 heavy (non-hydrogen) atoms. The summed E-state index contributed by atoms with van der Waals surface area (Å²) in [6.45, 7) is 10.5. The van der Waals surface area contributed by atoms with E-state index in [0.717, 1.165) is 25.2 Å². The molecule has 2 aliphatic rings. The van der Waals surface area contributed by atoms with Crippen molar-refractivity contribution >= 4 is 0 Å². The summed E-state index contributed by atoms with van der Waals surface area (Å²) in [5, 5.41) is 3.91. The van der Waals surface area contributed by atoms with E-state index in [1.165, 1.54) is 58.2 Å². The lowest BCUT2D eigenvalue weighted by molar-refractivity contribution is 0.0541. The maximum Gasteiger partial charge on any atom is 0.0469 e. The highest BCUT2D eigenvalue weighted by molar-refractivity contribution is 4.81. The first kappa shape index (κ1) is 15.3. The van der Waals surface area contributed by atoms with Crippen LogP contribution in [0.3, 0.4) is 0 Å². The molecule has 0 aliphatic carbocycles. The van der Waals surface area contributed by atoms with Crippen LogP contribution < -0.4 is 5.32 Å². The predicted octanol–water partition coefficient (Wildman–Crippen LogP) is 2.66. The first-order valence-electron chi connectivity index (χ1n) is 8.35. The number of ether oxygens (including phenoxy) is 1. The van der Waals surface area contributed by atoms with Gasteiger partial charge in [0, 0.05) is 25.3 Å². The third-order valence-corrected chi connectivity index (χ3v) is 4.83. The SMILES string of the molecule is CCCN1CCCC(NC(C)C2CCOCC2)CC1. The van der Waals surface area contributed by atoms with Gasteiger partial charge in [-0.2, -0.15) is 0 Å². The van der Waals surface area contributed by atoms with Crippen LogP contribution in [0.25, 0.3) is 0 Å². The van der Waals surface area contributed by atoms with Gasteiger partial charge in [0.1, 0.15) is 0 Å². The smallest absolute Gasteiger partial charge is 0.0469 e. The summed E-state index contributed by atoms with van der Waals surface area (Å²) in [7, 11) is 0. The lowest BCUT2D eigenvalue weighted by Gasteiger charge is -2.31. The van der Waals surface area contributed by atoms with Crippen molar-refractivity contribution in [3.8, 4) is 0 Å². The molecule has 0 radical (unpaired) electrons. The van der Waals surface area contributed by atoms with E-state index >= 15 is 0 Å². The molecule has 0 aromatic carbocycles. The number of hydrogen-bond donors (Lipinski definition) is 1. The molecule has 2 fully saturated rings. The van der Waals surface area contributed by atoms with Crippen LogP contribution in [0.1, 0.15) is 52.4 Å². The standard InChI is InChI=1S/C16H32N2O/c1-3-9-18-10-4-5-16(6-11-18)17-14(2)15-7-12-19-13-8-15/h14-17H,3-13H2,1-2H3. The van der Waals surface area contributed by atoms with Gasteiger partial charge in [-0.05, 0) is 71.0 Å². The quantitative estimate of drug-likeness (QED) is 0.829. The van der Waals surface area contributed by atoms with Gasteiger partial charge in [-0.15, -0.1) is 0 Å². The van der Waals surface area contributed by atoms with Crippen LogP contribution in [0.5, 0.6) is 0 Å². The van der Waals surface area contributed by atoms with Crippen LogP contribution in [0.4, 0.5) is 0 Å². The van der Waals surface area contributed by atoms with E-state index in [2.05, 4.69) is 24.1 Å². The Morgan fingerprint density at radius 1 is 1.16 bits per heavy atom. The van der Waals surface area contributed by atoms with Crippen LogP contribution in [0, 0.1) is 5.92 Å². The minimum Gasteiger partial charge on any atom is -0.381 e. The first-order valence-corrected chi connectivity index (χ1v) is 8.35. The number of nitrogens with zero attached hydrogens (tertiary/aromatic N) is 1. The van der Waals surface area contributed by atoms with Crippen molar-refractivity contribution in [2.24, 2.45) is 5.92 Å². The molecule has 0 saturated carbocycles. The van der Waals surface area contributed by atoms with E-state index < -0.39 is 0 Å². The molecule has 0 amide bonds. The fraction of sp³-hybridized carbons (Fsp3) is 1.00. The maximum absolute atomic E-state index is 5.47. The minimum absolute atomic E-state index is 0.659. The van der Waals surface area contributed by atoms with E-state index in [1.807, 2.05) is 0 Å². The van der Waals surface area contributed by atoms with Crippen LogP contribution in [-0.2, 0) is 4.74 Å². The molecule has 0 spiro atoms. The Morgan fingerprint density at radius 3 is 2.68 bits per heavy atom. The third kappa shape index (κ3) is 5.05. The summed E-state index contributed by atoms with van der Waals surface area (Å²) in [5.41, 5.74) is 0. The second kappa shape index (κ2) is 8.23. The fourth-order valence-corrected chi connectivity index (χ4v) is 3.59. The number of nitrogens with one attached hydrogen (secondary N) is 1. The largest absolute Gasteiger partial charge is 0.381 e. The van der Waals surface area contributed by atoms with Crippen molar-refractivity contribution in [1.82, 2.24) is 10.2 Å². The Bertz CT molecular complexity index is 241. The van der Waals surface area contributed by atoms with Crippen molar-refractivity contribution in [2.75, 3.05) is 32.8 Å². The normalized spacial score (nSPS) is 29.1. The van der Waals surface area contributed by atoms with Crippen LogP contribution in [0.2, 0.25) is 0 Å². The summed E-state index contributed by atoms with van der Waals surface area (Å²) in [6, 6.07) is 1.39. The van der Waals surface area contributed by atoms with Crippen molar-refractivity contribution < 1.29 is 4.74 Å². The molecule has 0 aromatic rings. The molecule has 2 rings (SSSR count). The van der Waals surface area contributed by atoms with Crippen LogP contribution in [-0.4, -0.2) is 49.8 Å². The molecule has 2 atom stereocenters. The molecule has 112 valence electrons. The summed E-state index contributed by atoms with van der Waals surface area (Å²) in [6.07, 6.45) is 7.81. The van der Waals surface area contributed by atoms with Gasteiger partial charge < -0.3 is 15.0 Å². The van der Waals surface area contributed by atoms with Gasteiger partial charge in [-0.1, -0.05) is 6.92 Å². The lowest BCUT2D eigenvalue weighted by Crippen LogP contribution is -2.43. The monoisotopic (exact) mass is 268 g/mol. The molecule has 2 aliphatic heterocycles. The zero-order valence-corrected chi connectivity index (χ0v) is 12.9. The molecule has 2 saturated heterocycles. The topological polar surface area (TPSA) is 24.5 Å². The Kier molecular flexibility index (Phi) is 6.62. The van der Waals surface area contributed by atoms with Gasteiger partial charge >= 0.3 is 0 Å². The van der Waals surface area contributed by atoms with Crippen molar-refractivity contribution in [3.63, 3.8) is 0 Å². The van der Waals surface area contributed by atoms with Gasteiger partial charge in [-0.3, -0.25) is 0 Å². The molecular weight excluding hydrogens is 236 g/mol. The van der Waals surface area contributed by atoms with Crippen LogP contribution >= 0.6 is 0 Å². The molecule has 3 nitrogen and oxygen atoms in total. The third-order valence-electron chi connectivity index (χ3n) is 4.83. The van der Waals surface area contributed by atoms with Crippen LogP contribution in [0.15, 0.2) is 0 Å². The van der Waals surface area contributed by atoms with E-state index in [0.29, 0.717) is 6.04 Å².